The van der Waals surface area contributed by atoms with Crippen molar-refractivity contribution < 1.29 is 28.9 Å². The molecule has 1 unspecified atom stereocenters. The van der Waals surface area contributed by atoms with E-state index in [1.165, 1.54) is 6.92 Å². The number of carbonyl (C=O) groups excluding carboxylic acids is 2. The number of aliphatic hydroxyl groups excluding tert-OH is 1. The fourth-order valence-electron chi connectivity index (χ4n) is 2.99. The SMILES string of the molecule is C[C@]1(N=[N+]=[N-])C(O)O[C@H](COC(=O)c2ccccc2)[C@H]1OC(=O)c1ccccc1. The largest absolute Gasteiger partial charge is 0.459 e. The van der Waals surface area contributed by atoms with Crippen molar-refractivity contribution >= 4 is 11.9 Å². The van der Waals surface area contributed by atoms with Gasteiger partial charge in [-0.2, -0.15) is 0 Å². The van der Waals surface area contributed by atoms with Crippen LogP contribution in [0.4, 0.5) is 0 Å². The Kier molecular flexibility index (Phi) is 6.13. The maximum Gasteiger partial charge on any atom is 0.338 e. The number of aliphatic hydroxyl groups is 1. The number of rotatable bonds is 6. The van der Waals surface area contributed by atoms with Gasteiger partial charge in [-0.1, -0.05) is 41.5 Å². The van der Waals surface area contributed by atoms with Crippen LogP contribution in [0.15, 0.2) is 65.8 Å². The fraction of sp³-hybridized carbons (Fsp3) is 0.300. The highest BCUT2D eigenvalue weighted by Gasteiger charge is 2.56. The van der Waals surface area contributed by atoms with Crippen LogP contribution in [0.1, 0.15) is 27.6 Å². The van der Waals surface area contributed by atoms with Crippen LogP contribution in [-0.4, -0.2) is 47.7 Å². The summed E-state index contributed by atoms with van der Waals surface area (Å²) in [6.45, 7) is 1.09. The molecule has 1 aliphatic rings. The van der Waals surface area contributed by atoms with E-state index in [4.69, 9.17) is 19.7 Å². The second kappa shape index (κ2) is 8.74. The van der Waals surface area contributed by atoms with Crippen LogP contribution in [0.5, 0.6) is 0 Å². The molecular formula is C20H19N3O6. The average Bonchev–Trinajstić information content (AvgIpc) is 2.97. The molecule has 1 saturated heterocycles. The minimum absolute atomic E-state index is 0.275. The summed E-state index contributed by atoms with van der Waals surface area (Å²) >= 11 is 0. The normalized spacial score (nSPS) is 25.7. The number of esters is 2. The van der Waals surface area contributed by atoms with Gasteiger partial charge in [-0.3, -0.25) is 0 Å². The molecule has 0 radical (unpaired) electrons. The molecular weight excluding hydrogens is 378 g/mol. The van der Waals surface area contributed by atoms with Gasteiger partial charge in [-0.05, 0) is 36.7 Å². The quantitative estimate of drug-likeness (QED) is 0.345. The minimum atomic E-state index is -1.59. The van der Waals surface area contributed by atoms with Gasteiger partial charge in [0.25, 0.3) is 0 Å². The second-order valence-corrected chi connectivity index (χ2v) is 6.60. The zero-order chi connectivity index (χ0) is 20.9. The van der Waals surface area contributed by atoms with E-state index >= 15 is 0 Å². The van der Waals surface area contributed by atoms with Crippen molar-refractivity contribution in [2.24, 2.45) is 5.11 Å². The lowest BCUT2D eigenvalue weighted by Gasteiger charge is -2.28. The van der Waals surface area contributed by atoms with Crippen molar-refractivity contribution in [1.82, 2.24) is 0 Å². The van der Waals surface area contributed by atoms with E-state index in [-0.39, 0.29) is 12.2 Å². The third-order valence-corrected chi connectivity index (χ3v) is 4.61. The summed E-state index contributed by atoms with van der Waals surface area (Å²) in [6.07, 6.45) is -3.75. The highest BCUT2D eigenvalue weighted by atomic mass is 16.7. The molecule has 1 fully saturated rings. The molecule has 150 valence electrons. The Morgan fingerprint density at radius 2 is 1.66 bits per heavy atom. The van der Waals surface area contributed by atoms with E-state index in [0.29, 0.717) is 5.56 Å². The van der Waals surface area contributed by atoms with E-state index in [2.05, 4.69) is 10.0 Å². The molecule has 0 amide bonds. The van der Waals surface area contributed by atoms with Crippen molar-refractivity contribution in [3.8, 4) is 0 Å². The van der Waals surface area contributed by atoms with Gasteiger partial charge in [0.2, 0.25) is 0 Å². The van der Waals surface area contributed by atoms with Crippen molar-refractivity contribution in [2.75, 3.05) is 6.61 Å². The number of benzene rings is 2. The van der Waals surface area contributed by atoms with E-state index < -0.39 is 36.0 Å². The van der Waals surface area contributed by atoms with Gasteiger partial charge in [-0.25, -0.2) is 9.59 Å². The lowest BCUT2D eigenvalue weighted by atomic mass is 9.94. The molecule has 0 bridgehead atoms. The number of hydrogen-bond acceptors (Lipinski definition) is 7. The van der Waals surface area contributed by atoms with Crippen molar-refractivity contribution in [1.29, 1.82) is 0 Å². The third kappa shape index (κ3) is 4.38. The molecule has 4 atom stereocenters. The molecule has 1 aliphatic heterocycles. The molecule has 1 N–H and O–H groups in total. The van der Waals surface area contributed by atoms with E-state index in [1.807, 2.05) is 0 Å². The first-order valence-corrected chi connectivity index (χ1v) is 8.83. The van der Waals surface area contributed by atoms with Crippen LogP contribution in [0.25, 0.3) is 10.4 Å². The first kappa shape index (κ1) is 20.3. The molecule has 2 aromatic rings. The van der Waals surface area contributed by atoms with Crippen LogP contribution in [0, 0.1) is 0 Å². The molecule has 0 saturated carbocycles. The molecule has 3 rings (SSSR count). The Labute approximate surface area is 166 Å². The summed E-state index contributed by atoms with van der Waals surface area (Å²) < 4.78 is 16.2. The predicted molar refractivity (Wildman–Crippen MR) is 101 cm³/mol. The zero-order valence-electron chi connectivity index (χ0n) is 15.5. The fourth-order valence-corrected chi connectivity index (χ4v) is 2.99. The molecule has 0 aliphatic carbocycles. The van der Waals surface area contributed by atoms with Gasteiger partial charge >= 0.3 is 11.9 Å². The third-order valence-electron chi connectivity index (χ3n) is 4.61. The smallest absolute Gasteiger partial charge is 0.338 e. The standard InChI is InChI=1S/C20H19N3O6/c1-20(22-23-21)16(29-18(25)14-10-6-3-7-11-14)15(28-19(20)26)12-27-17(24)13-8-4-2-5-9-13/h2-11,15-16,19,26H,12H2,1H3/t15-,16-,19?,20-/m1/s1. The Balaban J connectivity index is 1.78. The molecule has 9 nitrogen and oxygen atoms in total. The van der Waals surface area contributed by atoms with Gasteiger partial charge in [0, 0.05) is 4.91 Å². The monoisotopic (exact) mass is 397 g/mol. The molecule has 1 heterocycles. The number of nitrogens with zero attached hydrogens (tertiary/aromatic N) is 3. The zero-order valence-corrected chi connectivity index (χ0v) is 15.5. The summed E-state index contributed by atoms with van der Waals surface area (Å²) in [5.74, 6) is -1.29. The summed E-state index contributed by atoms with van der Waals surface area (Å²) in [7, 11) is 0. The van der Waals surface area contributed by atoms with Crippen molar-refractivity contribution in [3.05, 3.63) is 82.2 Å². The first-order valence-electron chi connectivity index (χ1n) is 8.83. The van der Waals surface area contributed by atoms with Crippen LogP contribution in [0.3, 0.4) is 0 Å². The lowest BCUT2D eigenvalue weighted by molar-refractivity contribution is -0.121. The Morgan fingerprint density at radius 3 is 2.21 bits per heavy atom. The van der Waals surface area contributed by atoms with Gasteiger partial charge in [0.05, 0.1) is 11.1 Å². The predicted octanol–water partition coefficient (Wildman–Crippen LogP) is 2.86. The summed E-state index contributed by atoms with van der Waals surface area (Å²) in [5.41, 5.74) is 7.91. The first-order chi connectivity index (χ1) is 14.0. The van der Waals surface area contributed by atoms with Crippen LogP contribution < -0.4 is 0 Å². The van der Waals surface area contributed by atoms with Gasteiger partial charge in [0.1, 0.15) is 24.4 Å². The van der Waals surface area contributed by atoms with Crippen LogP contribution >= 0.6 is 0 Å². The Bertz CT molecular complexity index is 916. The maximum atomic E-state index is 12.5. The number of carbonyl (C=O) groups is 2. The average molecular weight is 397 g/mol. The molecule has 0 spiro atoms. The van der Waals surface area contributed by atoms with E-state index in [1.54, 1.807) is 60.7 Å². The van der Waals surface area contributed by atoms with Gasteiger partial charge in [0.15, 0.2) is 6.29 Å². The molecule has 9 heteroatoms. The van der Waals surface area contributed by atoms with Crippen LogP contribution in [-0.2, 0) is 14.2 Å². The Morgan fingerprint density at radius 1 is 1.10 bits per heavy atom. The van der Waals surface area contributed by atoms with Gasteiger partial charge in [-0.15, -0.1) is 0 Å². The van der Waals surface area contributed by atoms with Gasteiger partial charge < -0.3 is 19.3 Å². The Hall–Kier alpha value is -3.39. The van der Waals surface area contributed by atoms with E-state index in [0.717, 1.165) is 0 Å². The molecule has 2 aromatic carbocycles. The minimum Gasteiger partial charge on any atom is -0.459 e. The second-order valence-electron chi connectivity index (χ2n) is 6.60. The highest BCUT2D eigenvalue weighted by Crippen LogP contribution is 2.36. The molecule has 29 heavy (non-hydrogen) atoms. The summed E-state index contributed by atoms with van der Waals surface area (Å²) in [6, 6.07) is 16.5. The number of ether oxygens (including phenoxy) is 3. The highest BCUT2D eigenvalue weighted by molar-refractivity contribution is 5.90. The maximum absolute atomic E-state index is 12.5. The topological polar surface area (TPSA) is 131 Å². The van der Waals surface area contributed by atoms with Crippen molar-refractivity contribution in [3.63, 3.8) is 0 Å². The van der Waals surface area contributed by atoms with Crippen LogP contribution in [0.2, 0.25) is 0 Å². The number of hydrogen-bond donors (Lipinski definition) is 1. The number of azide groups is 1. The lowest BCUT2D eigenvalue weighted by Crippen LogP contribution is -2.47. The molecule has 0 aromatic heterocycles. The van der Waals surface area contributed by atoms with E-state index in [9.17, 15) is 14.7 Å². The van der Waals surface area contributed by atoms with Crippen molar-refractivity contribution in [2.45, 2.75) is 31.0 Å². The summed E-state index contributed by atoms with van der Waals surface area (Å²) in [4.78, 5) is 27.4. The summed E-state index contributed by atoms with van der Waals surface area (Å²) in [5, 5.41) is 13.9.